The normalized spacial score (nSPS) is 26.5. The van der Waals surface area contributed by atoms with E-state index >= 15 is 0 Å². The minimum absolute atomic E-state index is 0.278. The molecule has 2 aliphatic rings. The number of halogens is 1. The van der Waals surface area contributed by atoms with Crippen LogP contribution in [0.1, 0.15) is 25.7 Å². The van der Waals surface area contributed by atoms with Crippen LogP contribution in [0.4, 0.5) is 10.1 Å². The molecule has 134 valence electrons. The Hall–Kier alpha value is -1.22. The van der Waals surface area contributed by atoms with E-state index in [1.807, 2.05) is 0 Å². The van der Waals surface area contributed by atoms with Crippen LogP contribution in [0.5, 0.6) is 0 Å². The molecule has 1 saturated carbocycles. The van der Waals surface area contributed by atoms with E-state index in [2.05, 4.69) is 10.4 Å². The highest BCUT2D eigenvalue weighted by atomic mass is 32.2. The van der Waals surface area contributed by atoms with E-state index < -0.39 is 15.3 Å². The van der Waals surface area contributed by atoms with Crippen molar-refractivity contribution in [1.29, 1.82) is 0 Å². The molecule has 2 N–H and O–H groups in total. The number of rotatable bonds is 4. The lowest BCUT2D eigenvalue weighted by Crippen LogP contribution is -2.55. The summed E-state index contributed by atoms with van der Waals surface area (Å²) in [5, 5.41) is 8.70. The molecule has 1 aromatic carbocycles. The molecule has 24 heavy (non-hydrogen) atoms. The highest BCUT2D eigenvalue weighted by molar-refractivity contribution is 7.89. The zero-order valence-corrected chi connectivity index (χ0v) is 14.4. The van der Waals surface area contributed by atoms with Gasteiger partial charge in [-0.25, -0.2) is 18.3 Å². The van der Waals surface area contributed by atoms with Crippen LogP contribution in [0, 0.1) is 5.82 Å². The largest absolute Gasteiger partial charge is 0.369 e. The van der Waals surface area contributed by atoms with E-state index in [0.717, 1.165) is 18.5 Å². The first-order chi connectivity index (χ1) is 11.5. The molecular formula is C16H24FN3O3S. The third kappa shape index (κ3) is 3.56. The molecule has 1 saturated heterocycles. The van der Waals surface area contributed by atoms with Gasteiger partial charge in [0.1, 0.15) is 5.82 Å². The van der Waals surface area contributed by atoms with Crippen molar-refractivity contribution in [3.63, 3.8) is 0 Å². The lowest BCUT2D eigenvalue weighted by Gasteiger charge is -2.39. The van der Waals surface area contributed by atoms with Crippen molar-refractivity contribution in [2.75, 3.05) is 31.1 Å². The van der Waals surface area contributed by atoms with E-state index in [1.165, 1.54) is 16.4 Å². The number of nitrogens with one attached hydrogen (secondary N) is 1. The highest BCUT2D eigenvalue weighted by Crippen LogP contribution is 2.28. The summed E-state index contributed by atoms with van der Waals surface area (Å²) in [6.07, 6.45) is 3.06. The van der Waals surface area contributed by atoms with Gasteiger partial charge in [0.05, 0.1) is 11.3 Å². The van der Waals surface area contributed by atoms with Gasteiger partial charge in [0.2, 0.25) is 10.0 Å². The second-order valence-electron chi connectivity index (χ2n) is 6.47. The predicted molar refractivity (Wildman–Crippen MR) is 90.1 cm³/mol. The molecule has 8 heteroatoms. The fraction of sp³-hybridized carbons (Fsp3) is 0.625. The van der Waals surface area contributed by atoms with Crippen molar-refractivity contribution in [2.24, 2.45) is 0 Å². The van der Waals surface area contributed by atoms with Gasteiger partial charge in [-0.3, -0.25) is 0 Å². The molecule has 0 amide bonds. The summed E-state index contributed by atoms with van der Waals surface area (Å²) < 4.78 is 40.4. The molecule has 0 bridgehead atoms. The number of piperazine rings is 1. The fourth-order valence-corrected chi connectivity index (χ4v) is 5.78. The summed E-state index contributed by atoms with van der Waals surface area (Å²) in [5.41, 5.74) is 3.09. The highest BCUT2D eigenvalue weighted by Gasteiger charge is 2.40. The van der Waals surface area contributed by atoms with Crippen LogP contribution in [0.25, 0.3) is 0 Å². The van der Waals surface area contributed by atoms with Gasteiger partial charge in [-0.15, -0.1) is 0 Å². The summed E-state index contributed by atoms with van der Waals surface area (Å²) in [5.74, 6) is -0.278. The molecule has 0 radical (unpaired) electrons. The number of sulfonamides is 1. The summed E-state index contributed by atoms with van der Waals surface area (Å²) in [6, 6.07) is 5.87. The number of hydrogen-bond donors (Lipinski definition) is 2. The maximum atomic E-state index is 13.0. The van der Waals surface area contributed by atoms with Crippen molar-refractivity contribution in [1.82, 2.24) is 9.79 Å². The first-order valence-corrected chi connectivity index (χ1v) is 9.92. The second kappa shape index (κ2) is 7.35. The molecule has 1 aliphatic heterocycles. The Labute approximate surface area is 142 Å². The van der Waals surface area contributed by atoms with E-state index in [9.17, 15) is 18.0 Å². The number of benzene rings is 1. The SMILES string of the molecule is O=S(=O)(C1CCCCC1NO)N1CCN(c2ccc(F)cc2)CC1. The Bertz CT molecular complexity index is 645. The Kier molecular flexibility index (Phi) is 5.39. The van der Waals surface area contributed by atoms with Crippen LogP contribution < -0.4 is 10.4 Å². The topological polar surface area (TPSA) is 72.9 Å². The van der Waals surface area contributed by atoms with Crippen LogP contribution in [0.15, 0.2) is 24.3 Å². The molecule has 1 heterocycles. The first kappa shape index (κ1) is 17.6. The van der Waals surface area contributed by atoms with Gasteiger partial charge in [-0.05, 0) is 37.1 Å². The minimum Gasteiger partial charge on any atom is -0.369 e. The van der Waals surface area contributed by atoms with Crippen LogP contribution in [0.3, 0.4) is 0 Å². The fourth-order valence-electron chi connectivity index (χ4n) is 3.65. The standard InChI is InChI=1S/C16H24FN3O3S/c17-13-5-7-14(8-6-13)19-9-11-20(12-10-19)24(22,23)16-4-2-1-3-15(16)18-21/h5-8,15-16,18,21H,1-4,9-12H2. The van der Waals surface area contributed by atoms with Gasteiger partial charge in [0.15, 0.2) is 0 Å². The summed E-state index contributed by atoms with van der Waals surface area (Å²) in [7, 11) is -3.43. The third-order valence-corrected chi connectivity index (χ3v) is 7.46. The van der Waals surface area contributed by atoms with E-state index in [4.69, 9.17) is 0 Å². The van der Waals surface area contributed by atoms with E-state index in [1.54, 1.807) is 12.1 Å². The Balaban J connectivity index is 1.65. The van der Waals surface area contributed by atoms with Crippen molar-refractivity contribution in [3.05, 3.63) is 30.1 Å². The van der Waals surface area contributed by atoms with Gasteiger partial charge in [0, 0.05) is 31.9 Å². The zero-order chi connectivity index (χ0) is 17.2. The summed E-state index contributed by atoms with van der Waals surface area (Å²) in [6.45, 7) is 1.98. The summed E-state index contributed by atoms with van der Waals surface area (Å²) >= 11 is 0. The number of nitrogens with zero attached hydrogens (tertiary/aromatic N) is 2. The molecular weight excluding hydrogens is 333 g/mol. The maximum Gasteiger partial charge on any atom is 0.218 e. The smallest absolute Gasteiger partial charge is 0.218 e. The average molecular weight is 357 g/mol. The zero-order valence-electron chi connectivity index (χ0n) is 13.6. The average Bonchev–Trinajstić information content (AvgIpc) is 2.62. The third-order valence-electron chi connectivity index (χ3n) is 5.04. The Morgan fingerprint density at radius 3 is 2.29 bits per heavy atom. The van der Waals surface area contributed by atoms with Crippen LogP contribution >= 0.6 is 0 Å². The maximum absolute atomic E-state index is 13.0. The molecule has 2 unspecified atom stereocenters. The molecule has 3 rings (SSSR count). The van der Waals surface area contributed by atoms with Gasteiger partial charge in [-0.2, -0.15) is 4.31 Å². The van der Waals surface area contributed by atoms with Crippen LogP contribution in [0.2, 0.25) is 0 Å². The van der Waals surface area contributed by atoms with Gasteiger partial charge >= 0.3 is 0 Å². The molecule has 2 atom stereocenters. The van der Waals surface area contributed by atoms with Crippen LogP contribution in [-0.2, 0) is 10.0 Å². The molecule has 0 spiro atoms. The molecule has 1 aromatic rings. The predicted octanol–water partition coefficient (Wildman–Crippen LogP) is 1.57. The van der Waals surface area contributed by atoms with Crippen molar-refractivity contribution in [2.45, 2.75) is 37.0 Å². The first-order valence-electron chi connectivity index (χ1n) is 8.41. The van der Waals surface area contributed by atoms with E-state index in [-0.39, 0.29) is 11.9 Å². The summed E-state index contributed by atoms with van der Waals surface area (Å²) in [4.78, 5) is 2.06. The lowest BCUT2D eigenvalue weighted by molar-refractivity contribution is 0.107. The van der Waals surface area contributed by atoms with Gasteiger partial charge in [0.25, 0.3) is 0 Å². The minimum atomic E-state index is -3.43. The molecule has 2 fully saturated rings. The molecule has 6 nitrogen and oxygen atoms in total. The molecule has 1 aliphatic carbocycles. The number of hydrogen-bond acceptors (Lipinski definition) is 5. The molecule has 0 aromatic heterocycles. The number of hydroxylamine groups is 1. The van der Waals surface area contributed by atoms with Crippen molar-refractivity contribution in [3.8, 4) is 0 Å². The monoisotopic (exact) mass is 357 g/mol. The van der Waals surface area contributed by atoms with Crippen LogP contribution in [-0.4, -0.2) is 55.4 Å². The van der Waals surface area contributed by atoms with E-state index in [0.29, 0.717) is 39.0 Å². The second-order valence-corrected chi connectivity index (χ2v) is 8.62. The van der Waals surface area contributed by atoms with Gasteiger partial charge in [-0.1, -0.05) is 12.8 Å². The Morgan fingerprint density at radius 2 is 1.67 bits per heavy atom. The Morgan fingerprint density at radius 1 is 1.04 bits per heavy atom. The quantitative estimate of drug-likeness (QED) is 0.801. The van der Waals surface area contributed by atoms with Gasteiger partial charge < -0.3 is 10.1 Å². The lowest BCUT2D eigenvalue weighted by atomic mass is 9.96. The van der Waals surface area contributed by atoms with Crippen molar-refractivity contribution >= 4 is 15.7 Å². The van der Waals surface area contributed by atoms with Crippen molar-refractivity contribution < 1.29 is 18.0 Å². The number of anilines is 1.